The molecule has 0 aliphatic carbocycles. The molecule has 0 saturated heterocycles. The molecule has 0 fully saturated rings. The number of rotatable bonds is 8. The first-order valence-electron chi connectivity index (χ1n) is 8.85. The van der Waals surface area contributed by atoms with Crippen molar-refractivity contribution in [3.05, 3.63) is 71.0 Å². The molecule has 0 aliphatic rings. The number of aromatic amines is 1. The Kier molecular flexibility index (Phi) is 6.58. The molecule has 0 aliphatic heterocycles. The molecule has 0 saturated carbocycles. The number of hydrogen-bond donors (Lipinski definition) is 4. The third-order valence-corrected chi connectivity index (χ3v) is 4.75. The summed E-state index contributed by atoms with van der Waals surface area (Å²) in [7, 11) is 0. The molecule has 1 amide bonds. The highest BCUT2D eigenvalue weighted by Gasteiger charge is 2.24. The van der Waals surface area contributed by atoms with Gasteiger partial charge in [-0.2, -0.15) is 15.4 Å². The molecule has 0 bridgehead atoms. The quantitative estimate of drug-likeness (QED) is 0.447. The fourth-order valence-electron chi connectivity index (χ4n) is 2.92. The maximum atomic E-state index is 12.3. The first-order chi connectivity index (χ1) is 13.9. The van der Waals surface area contributed by atoms with Crippen molar-refractivity contribution in [3.63, 3.8) is 0 Å². The average molecular weight is 415 g/mol. The van der Waals surface area contributed by atoms with Crippen LogP contribution in [0.15, 0.2) is 54.7 Å². The van der Waals surface area contributed by atoms with Gasteiger partial charge in [0.05, 0.1) is 6.20 Å². The highest BCUT2D eigenvalue weighted by molar-refractivity contribution is 6.31. The number of hydrogen-bond acceptors (Lipinski definition) is 5. The molecule has 2 unspecified atom stereocenters. The summed E-state index contributed by atoms with van der Waals surface area (Å²) in [5.74, 6) is -1.89. The molecule has 3 rings (SSSR count). The number of aliphatic carboxylic acids is 1. The van der Waals surface area contributed by atoms with Gasteiger partial charge < -0.3 is 15.5 Å². The molecule has 2 aromatic carbocycles. The van der Waals surface area contributed by atoms with E-state index in [-0.39, 0.29) is 18.5 Å². The standard InChI is InChI=1S/C20H19ClN4O4/c21-16-9-13(12-4-2-1-3-5-12)6-7-14(16)8-15(10-18(26)20(28)29)23-19(27)17-11-22-25-24-17/h1-7,9,11,15,18,26H,8,10H2,(H,23,27)(H,28,29)(H,22,24,25). The molecule has 1 heterocycles. The Labute approximate surface area is 171 Å². The zero-order valence-electron chi connectivity index (χ0n) is 15.2. The largest absolute Gasteiger partial charge is 0.479 e. The van der Waals surface area contributed by atoms with Crippen LogP contribution in [0.25, 0.3) is 11.1 Å². The van der Waals surface area contributed by atoms with Crippen molar-refractivity contribution < 1.29 is 19.8 Å². The van der Waals surface area contributed by atoms with Crippen LogP contribution in [0.5, 0.6) is 0 Å². The first kappa shape index (κ1) is 20.5. The van der Waals surface area contributed by atoms with Crippen molar-refractivity contribution in [2.75, 3.05) is 0 Å². The number of aliphatic hydroxyl groups excluding tert-OH is 1. The molecule has 0 radical (unpaired) electrons. The van der Waals surface area contributed by atoms with Gasteiger partial charge in [-0.1, -0.05) is 54.1 Å². The molecule has 8 nitrogen and oxygen atoms in total. The normalized spacial score (nSPS) is 12.9. The Bertz CT molecular complexity index is 979. The Morgan fingerprint density at radius 3 is 2.52 bits per heavy atom. The van der Waals surface area contributed by atoms with Gasteiger partial charge in [-0.05, 0) is 29.2 Å². The summed E-state index contributed by atoms with van der Waals surface area (Å²) in [5, 5.41) is 31.6. The molecule has 2 atom stereocenters. The maximum absolute atomic E-state index is 12.3. The molecule has 150 valence electrons. The number of H-pyrrole nitrogens is 1. The maximum Gasteiger partial charge on any atom is 0.332 e. The molecule has 9 heteroatoms. The number of carbonyl (C=O) groups excluding carboxylic acids is 1. The van der Waals surface area contributed by atoms with Gasteiger partial charge in [0.1, 0.15) is 0 Å². The zero-order valence-corrected chi connectivity index (χ0v) is 16.0. The van der Waals surface area contributed by atoms with Crippen LogP contribution in [0.4, 0.5) is 0 Å². The van der Waals surface area contributed by atoms with E-state index in [2.05, 4.69) is 20.7 Å². The fraction of sp³-hybridized carbons (Fsp3) is 0.200. The van der Waals surface area contributed by atoms with Gasteiger partial charge >= 0.3 is 5.97 Å². The lowest BCUT2D eigenvalue weighted by Gasteiger charge is -2.20. The minimum atomic E-state index is -1.63. The van der Waals surface area contributed by atoms with Crippen LogP contribution in [0.3, 0.4) is 0 Å². The van der Waals surface area contributed by atoms with Crippen LogP contribution in [-0.2, 0) is 11.2 Å². The van der Waals surface area contributed by atoms with Crippen LogP contribution < -0.4 is 5.32 Å². The SMILES string of the molecule is O=C(NC(Cc1ccc(-c2ccccc2)cc1Cl)CC(O)C(=O)O)c1cn[nH]n1. The first-order valence-corrected chi connectivity index (χ1v) is 9.23. The van der Waals surface area contributed by atoms with E-state index < -0.39 is 24.0 Å². The van der Waals surface area contributed by atoms with Crippen LogP contribution in [0.2, 0.25) is 5.02 Å². The molecular formula is C20H19ClN4O4. The Hall–Kier alpha value is -3.23. The van der Waals surface area contributed by atoms with Gasteiger partial charge in [-0.3, -0.25) is 4.79 Å². The van der Waals surface area contributed by atoms with E-state index in [4.69, 9.17) is 16.7 Å². The molecule has 29 heavy (non-hydrogen) atoms. The second-order valence-electron chi connectivity index (χ2n) is 6.49. The number of carbonyl (C=O) groups is 2. The number of halogens is 1. The van der Waals surface area contributed by atoms with E-state index in [0.29, 0.717) is 5.02 Å². The Balaban J connectivity index is 1.79. The number of carboxylic acids is 1. The molecule has 0 spiro atoms. The number of aliphatic hydroxyl groups is 1. The molecule has 4 N–H and O–H groups in total. The van der Waals surface area contributed by atoms with Crippen molar-refractivity contribution in [2.24, 2.45) is 0 Å². The van der Waals surface area contributed by atoms with Gasteiger partial charge in [-0.15, -0.1) is 0 Å². The van der Waals surface area contributed by atoms with Crippen molar-refractivity contribution >= 4 is 23.5 Å². The summed E-state index contributed by atoms with van der Waals surface area (Å²) >= 11 is 6.44. The minimum Gasteiger partial charge on any atom is -0.479 e. The number of amides is 1. The van der Waals surface area contributed by atoms with Crippen molar-refractivity contribution in [2.45, 2.75) is 25.0 Å². The summed E-state index contributed by atoms with van der Waals surface area (Å²) in [6, 6.07) is 14.6. The summed E-state index contributed by atoms with van der Waals surface area (Å²) < 4.78 is 0. The zero-order chi connectivity index (χ0) is 20.8. The lowest BCUT2D eigenvalue weighted by atomic mass is 9.97. The van der Waals surface area contributed by atoms with Gasteiger partial charge in [0.2, 0.25) is 0 Å². The second kappa shape index (κ2) is 9.31. The van der Waals surface area contributed by atoms with E-state index in [1.807, 2.05) is 48.5 Å². The smallest absolute Gasteiger partial charge is 0.332 e. The van der Waals surface area contributed by atoms with Gasteiger partial charge in [0.15, 0.2) is 11.8 Å². The fourth-order valence-corrected chi connectivity index (χ4v) is 3.18. The third-order valence-electron chi connectivity index (χ3n) is 4.40. The molecule has 3 aromatic rings. The minimum absolute atomic E-state index is 0.0605. The van der Waals surface area contributed by atoms with Crippen LogP contribution in [-0.4, -0.2) is 49.6 Å². The summed E-state index contributed by atoms with van der Waals surface area (Å²) in [4.78, 5) is 23.3. The van der Waals surface area contributed by atoms with Crippen LogP contribution in [0.1, 0.15) is 22.5 Å². The average Bonchev–Trinajstić information content (AvgIpc) is 3.25. The molecular weight excluding hydrogens is 396 g/mol. The number of nitrogens with zero attached hydrogens (tertiary/aromatic N) is 2. The number of aromatic nitrogens is 3. The summed E-state index contributed by atoms with van der Waals surface area (Å²) in [6.07, 6.45) is -0.320. The number of nitrogens with one attached hydrogen (secondary N) is 2. The monoisotopic (exact) mass is 414 g/mol. The number of benzene rings is 2. The van der Waals surface area contributed by atoms with Crippen LogP contribution >= 0.6 is 11.6 Å². The van der Waals surface area contributed by atoms with Crippen LogP contribution in [0, 0.1) is 0 Å². The topological polar surface area (TPSA) is 128 Å². The highest BCUT2D eigenvalue weighted by atomic mass is 35.5. The van der Waals surface area contributed by atoms with Gasteiger partial charge in [0, 0.05) is 17.5 Å². The Morgan fingerprint density at radius 1 is 1.14 bits per heavy atom. The van der Waals surface area contributed by atoms with Crippen molar-refractivity contribution in [3.8, 4) is 11.1 Å². The van der Waals surface area contributed by atoms with E-state index >= 15 is 0 Å². The van der Waals surface area contributed by atoms with E-state index in [0.717, 1.165) is 16.7 Å². The number of carboxylic acid groups (broad SMARTS) is 1. The lowest BCUT2D eigenvalue weighted by Crippen LogP contribution is -2.40. The van der Waals surface area contributed by atoms with Gasteiger partial charge in [0.25, 0.3) is 5.91 Å². The second-order valence-corrected chi connectivity index (χ2v) is 6.90. The lowest BCUT2D eigenvalue weighted by molar-refractivity contribution is -0.147. The van der Waals surface area contributed by atoms with E-state index in [9.17, 15) is 14.7 Å². The predicted octanol–water partition coefficient (Wildman–Crippen LogP) is 2.30. The molecule has 1 aromatic heterocycles. The summed E-state index contributed by atoms with van der Waals surface area (Å²) in [6.45, 7) is 0. The third kappa shape index (κ3) is 5.40. The summed E-state index contributed by atoms with van der Waals surface area (Å²) in [5.41, 5.74) is 2.73. The van der Waals surface area contributed by atoms with Crippen molar-refractivity contribution in [1.82, 2.24) is 20.7 Å². The Morgan fingerprint density at radius 2 is 1.90 bits per heavy atom. The van der Waals surface area contributed by atoms with E-state index in [1.54, 1.807) is 0 Å². The highest BCUT2D eigenvalue weighted by Crippen LogP contribution is 2.27. The van der Waals surface area contributed by atoms with Gasteiger partial charge in [-0.25, -0.2) is 4.79 Å². The predicted molar refractivity (Wildman–Crippen MR) is 106 cm³/mol. The van der Waals surface area contributed by atoms with Crippen molar-refractivity contribution in [1.29, 1.82) is 0 Å². The van der Waals surface area contributed by atoms with E-state index in [1.165, 1.54) is 6.20 Å².